The lowest BCUT2D eigenvalue weighted by Crippen LogP contribution is -2.49. The lowest BCUT2D eigenvalue weighted by atomic mass is 10.0. The second-order valence-corrected chi connectivity index (χ2v) is 6.49. The Bertz CT molecular complexity index is 665. The Kier molecular flexibility index (Phi) is 4.48. The number of nitrogens with zero attached hydrogens (tertiary/aromatic N) is 4. The second kappa shape index (κ2) is 6.54. The van der Waals surface area contributed by atoms with Gasteiger partial charge in [-0.25, -0.2) is 0 Å². The van der Waals surface area contributed by atoms with Crippen molar-refractivity contribution in [1.29, 1.82) is 0 Å². The lowest BCUT2D eigenvalue weighted by molar-refractivity contribution is 0.0498. The molecule has 1 atom stereocenters. The third-order valence-electron chi connectivity index (χ3n) is 4.41. The molecule has 1 aliphatic heterocycles. The van der Waals surface area contributed by atoms with Gasteiger partial charge >= 0.3 is 0 Å². The first kappa shape index (κ1) is 15.7. The van der Waals surface area contributed by atoms with E-state index < -0.39 is 0 Å². The first-order valence-corrected chi connectivity index (χ1v) is 8.15. The van der Waals surface area contributed by atoms with Gasteiger partial charge in [0.15, 0.2) is 0 Å². The van der Waals surface area contributed by atoms with Gasteiger partial charge in [-0.2, -0.15) is 5.10 Å². The normalized spacial score (nSPS) is 19.3. The molecule has 1 aliphatic rings. The van der Waals surface area contributed by atoms with Crippen LogP contribution in [0.15, 0.2) is 42.7 Å². The molecule has 5 nitrogen and oxygen atoms in total. The largest absolute Gasteiger partial charge is 0.329 e. The van der Waals surface area contributed by atoms with Gasteiger partial charge in [0.25, 0.3) is 5.91 Å². The van der Waals surface area contributed by atoms with E-state index in [0.29, 0.717) is 5.56 Å². The SMILES string of the molecule is CC(C)n1cc(C(=O)N2CCN(C)CC2c2ccccc2)cn1. The van der Waals surface area contributed by atoms with E-state index in [2.05, 4.69) is 43.0 Å². The highest BCUT2D eigenvalue weighted by Gasteiger charge is 2.31. The van der Waals surface area contributed by atoms with E-state index >= 15 is 0 Å². The first-order chi connectivity index (χ1) is 11.1. The van der Waals surface area contributed by atoms with E-state index in [0.717, 1.165) is 19.6 Å². The number of rotatable bonds is 3. The van der Waals surface area contributed by atoms with Crippen LogP contribution in [0.5, 0.6) is 0 Å². The molecule has 1 fully saturated rings. The topological polar surface area (TPSA) is 41.4 Å². The van der Waals surface area contributed by atoms with Gasteiger partial charge in [0, 0.05) is 31.9 Å². The molecule has 0 radical (unpaired) electrons. The summed E-state index contributed by atoms with van der Waals surface area (Å²) in [7, 11) is 2.11. The van der Waals surface area contributed by atoms with Crippen molar-refractivity contribution in [3.05, 3.63) is 53.9 Å². The van der Waals surface area contributed by atoms with Crippen molar-refractivity contribution in [2.45, 2.75) is 25.9 Å². The summed E-state index contributed by atoms with van der Waals surface area (Å²) in [6.07, 6.45) is 3.54. The number of hydrogen-bond acceptors (Lipinski definition) is 3. The van der Waals surface area contributed by atoms with Crippen molar-refractivity contribution in [2.24, 2.45) is 0 Å². The van der Waals surface area contributed by atoms with E-state index in [1.54, 1.807) is 6.20 Å². The molecule has 0 spiro atoms. The molecular weight excluding hydrogens is 288 g/mol. The van der Waals surface area contributed by atoms with Gasteiger partial charge in [0.2, 0.25) is 0 Å². The Balaban J connectivity index is 1.87. The average molecular weight is 312 g/mol. The van der Waals surface area contributed by atoms with Gasteiger partial charge in [-0.1, -0.05) is 30.3 Å². The average Bonchev–Trinajstić information content (AvgIpc) is 3.05. The maximum atomic E-state index is 13.0. The van der Waals surface area contributed by atoms with Crippen LogP contribution in [-0.4, -0.2) is 52.2 Å². The van der Waals surface area contributed by atoms with E-state index in [1.807, 2.05) is 34.0 Å². The molecule has 3 rings (SSSR count). The zero-order chi connectivity index (χ0) is 16.4. The third kappa shape index (κ3) is 3.29. The molecule has 0 bridgehead atoms. The number of aromatic nitrogens is 2. The quantitative estimate of drug-likeness (QED) is 0.875. The molecule has 122 valence electrons. The minimum Gasteiger partial charge on any atom is -0.329 e. The molecule has 0 N–H and O–H groups in total. The molecule has 0 aliphatic carbocycles. The van der Waals surface area contributed by atoms with E-state index in [1.165, 1.54) is 5.56 Å². The Labute approximate surface area is 137 Å². The van der Waals surface area contributed by atoms with Crippen molar-refractivity contribution < 1.29 is 4.79 Å². The number of likely N-dealkylation sites (N-methyl/N-ethyl adjacent to an activating group) is 1. The Morgan fingerprint density at radius 2 is 1.96 bits per heavy atom. The second-order valence-electron chi connectivity index (χ2n) is 6.49. The molecule has 1 saturated heterocycles. The van der Waals surface area contributed by atoms with Crippen molar-refractivity contribution in [1.82, 2.24) is 19.6 Å². The Morgan fingerprint density at radius 1 is 1.22 bits per heavy atom. The fourth-order valence-corrected chi connectivity index (χ4v) is 3.02. The van der Waals surface area contributed by atoms with E-state index in [-0.39, 0.29) is 18.0 Å². The molecule has 0 saturated carbocycles. The van der Waals surface area contributed by atoms with E-state index in [9.17, 15) is 4.79 Å². The molecule has 1 aromatic carbocycles. The summed E-state index contributed by atoms with van der Waals surface area (Å²) in [5.41, 5.74) is 1.85. The third-order valence-corrected chi connectivity index (χ3v) is 4.41. The molecule has 1 unspecified atom stereocenters. The van der Waals surface area contributed by atoms with Gasteiger partial charge in [0.05, 0.1) is 17.8 Å². The Hall–Kier alpha value is -2.14. The van der Waals surface area contributed by atoms with Crippen molar-refractivity contribution in [3.63, 3.8) is 0 Å². The van der Waals surface area contributed by atoms with Crippen molar-refractivity contribution >= 4 is 5.91 Å². The first-order valence-electron chi connectivity index (χ1n) is 8.15. The van der Waals surface area contributed by atoms with Crippen LogP contribution < -0.4 is 0 Å². The summed E-state index contributed by atoms with van der Waals surface area (Å²) in [5, 5.41) is 4.30. The molecule has 2 aromatic rings. The molecular formula is C18H24N4O. The van der Waals surface area contributed by atoms with Gasteiger partial charge < -0.3 is 9.80 Å². The molecule has 2 heterocycles. The van der Waals surface area contributed by atoms with E-state index in [4.69, 9.17) is 0 Å². The zero-order valence-corrected chi connectivity index (χ0v) is 14.0. The van der Waals surface area contributed by atoms with Gasteiger partial charge in [-0.15, -0.1) is 0 Å². The molecule has 1 aromatic heterocycles. The number of carbonyl (C=O) groups is 1. The van der Waals surface area contributed by atoms with Gasteiger partial charge in [-0.05, 0) is 26.5 Å². The van der Waals surface area contributed by atoms with Crippen LogP contribution in [0.4, 0.5) is 0 Å². The molecule has 23 heavy (non-hydrogen) atoms. The van der Waals surface area contributed by atoms with Crippen LogP contribution >= 0.6 is 0 Å². The van der Waals surface area contributed by atoms with Crippen LogP contribution in [0.1, 0.15) is 41.9 Å². The maximum Gasteiger partial charge on any atom is 0.257 e. The van der Waals surface area contributed by atoms with Crippen LogP contribution in [0.2, 0.25) is 0 Å². The predicted molar refractivity (Wildman–Crippen MR) is 90.3 cm³/mol. The van der Waals surface area contributed by atoms with Crippen molar-refractivity contribution in [2.75, 3.05) is 26.7 Å². The number of carbonyl (C=O) groups excluding carboxylic acids is 1. The number of hydrogen-bond donors (Lipinski definition) is 0. The Morgan fingerprint density at radius 3 is 2.61 bits per heavy atom. The van der Waals surface area contributed by atoms with Crippen molar-refractivity contribution in [3.8, 4) is 0 Å². The van der Waals surface area contributed by atoms with Crippen LogP contribution in [0.3, 0.4) is 0 Å². The number of benzene rings is 1. The van der Waals surface area contributed by atoms with Crippen LogP contribution in [0, 0.1) is 0 Å². The fourth-order valence-electron chi connectivity index (χ4n) is 3.02. The van der Waals surface area contributed by atoms with Crippen LogP contribution in [0.25, 0.3) is 0 Å². The highest BCUT2D eigenvalue weighted by molar-refractivity contribution is 5.94. The highest BCUT2D eigenvalue weighted by atomic mass is 16.2. The van der Waals surface area contributed by atoms with Gasteiger partial charge in [0.1, 0.15) is 0 Å². The number of amides is 1. The lowest BCUT2D eigenvalue weighted by Gasteiger charge is -2.40. The number of piperazine rings is 1. The van der Waals surface area contributed by atoms with Crippen LogP contribution in [-0.2, 0) is 0 Å². The summed E-state index contributed by atoms with van der Waals surface area (Å²) < 4.78 is 1.83. The molecule has 1 amide bonds. The smallest absolute Gasteiger partial charge is 0.257 e. The fraction of sp³-hybridized carbons (Fsp3) is 0.444. The minimum atomic E-state index is 0.0684. The standard InChI is InChI=1S/C18H24N4O/c1-14(2)22-12-16(11-19-22)18(23)21-10-9-20(3)13-17(21)15-7-5-4-6-8-15/h4-8,11-12,14,17H,9-10,13H2,1-3H3. The predicted octanol–water partition coefficient (Wildman–Crippen LogP) is 2.59. The summed E-state index contributed by atoms with van der Waals surface area (Å²) in [5.74, 6) is 0.0684. The summed E-state index contributed by atoms with van der Waals surface area (Å²) in [6, 6.07) is 10.6. The minimum absolute atomic E-state index is 0.0684. The maximum absolute atomic E-state index is 13.0. The van der Waals surface area contributed by atoms with Gasteiger partial charge in [-0.3, -0.25) is 9.48 Å². The summed E-state index contributed by atoms with van der Waals surface area (Å²) >= 11 is 0. The zero-order valence-electron chi connectivity index (χ0n) is 14.0. The monoisotopic (exact) mass is 312 g/mol. The summed E-state index contributed by atoms with van der Waals surface area (Å²) in [6.45, 7) is 6.61. The summed E-state index contributed by atoms with van der Waals surface area (Å²) in [4.78, 5) is 17.2. The molecule has 5 heteroatoms. The highest BCUT2D eigenvalue weighted by Crippen LogP contribution is 2.26.